The lowest BCUT2D eigenvalue weighted by Crippen LogP contribution is -2.22. The molecule has 21 heavy (non-hydrogen) atoms. The maximum atomic E-state index is 13.4. The zero-order valence-electron chi connectivity index (χ0n) is 12.5. The van der Waals surface area contributed by atoms with Crippen molar-refractivity contribution < 1.29 is 13.7 Å². The van der Waals surface area contributed by atoms with Gasteiger partial charge in [-0.15, -0.1) is 0 Å². The summed E-state index contributed by atoms with van der Waals surface area (Å²) in [5.74, 6) is 1.40. The fourth-order valence-corrected chi connectivity index (χ4v) is 1.78. The second-order valence-corrected chi connectivity index (χ2v) is 5.03. The smallest absolute Gasteiger partial charge is 0.226 e. The first-order valence-electron chi connectivity index (χ1n) is 7.04. The number of rotatable bonds is 7. The third-order valence-corrected chi connectivity index (χ3v) is 2.89. The van der Waals surface area contributed by atoms with Crippen LogP contribution >= 0.6 is 0 Å². The molecule has 0 aliphatic rings. The molecule has 2 rings (SSSR count). The van der Waals surface area contributed by atoms with Crippen LogP contribution in [0, 0.1) is 5.82 Å². The Morgan fingerprint density at radius 1 is 1.38 bits per heavy atom. The first kappa shape index (κ1) is 15.4. The van der Waals surface area contributed by atoms with Crippen LogP contribution in [0.5, 0.6) is 5.75 Å². The van der Waals surface area contributed by atoms with Gasteiger partial charge in [-0.25, -0.2) is 4.39 Å². The van der Waals surface area contributed by atoms with Crippen molar-refractivity contribution in [1.29, 1.82) is 0 Å². The molecule has 6 heteroatoms. The van der Waals surface area contributed by atoms with Crippen molar-refractivity contribution in [3.05, 3.63) is 41.3 Å². The zero-order chi connectivity index (χ0) is 15.2. The maximum absolute atomic E-state index is 13.4. The largest absolute Gasteiger partial charge is 0.485 e. The molecule has 0 bridgehead atoms. The highest BCUT2D eigenvalue weighted by Gasteiger charge is 2.09. The van der Waals surface area contributed by atoms with Gasteiger partial charge in [0, 0.05) is 24.6 Å². The topological polar surface area (TPSA) is 60.2 Å². The number of ether oxygens (including phenoxy) is 1. The molecule has 0 radical (unpaired) electrons. The molecule has 2 aromatic rings. The third-order valence-electron chi connectivity index (χ3n) is 2.89. The highest BCUT2D eigenvalue weighted by atomic mass is 19.1. The summed E-state index contributed by atoms with van der Waals surface area (Å²) in [7, 11) is 0. The van der Waals surface area contributed by atoms with Crippen LogP contribution in [-0.4, -0.2) is 16.2 Å². The Balaban J connectivity index is 2.04. The number of benzene rings is 1. The Bertz CT molecular complexity index is 584. The van der Waals surface area contributed by atoms with Crippen molar-refractivity contribution in [2.45, 2.75) is 46.4 Å². The van der Waals surface area contributed by atoms with Gasteiger partial charge in [0.05, 0.1) is 0 Å². The molecular formula is C15H20FN3O2. The molecule has 0 saturated carbocycles. The lowest BCUT2D eigenvalue weighted by Gasteiger charge is -2.13. The Labute approximate surface area is 123 Å². The molecule has 114 valence electrons. The van der Waals surface area contributed by atoms with E-state index in [0.29, 0.717) is 36.5 Å². The van der Waals surface area contributed by atoms with Crippen LogP contribution in [0.3, 0.4) is 0 Å². The monoisotopic (exact) mass is 293 g/mol. The molecule has 0 unspecified atom stereocenters. The first-order valence-corrected chi connectivity index (χ1v) is 7.04. The lowest BCUT2D eigenvalue weighted by atomic mass is 10.2. The van der Waals surface area contributed by atoms with E-state index in [1.165, 1.54) is 12.1 Å². The van der Waals surface area contributed by atoms with Crippen molar-refractivity contribution in [2.75, 3.05) is 0 Å². The number of nitrogens with zero attached hydrogens (tertiary/aromatic N) is 2. The normalized spacial score (nSPS) is 11.1. The van der Waals surface area contributed by atoms with Crippen LogP contribution in [0.4, 0.5) is 4.39 Å². The Morgan fingerprint density at radius 3 is 2.86 bits per heavy atom. The molecule has 0 amide bonds. The van der Waals surface area contributed by atoms with Gasteiger partial charge in [-0.3, -0.25) is 0 Å². The van der Waals surface area contributed by atoms with E-state index in [9.17, 15) is 4.39 Å². The molecule has 1 aromatic carbocycles. The summed E-state index contributed by atoms with van der Waals surface area (Å²) in [6, 6.07) is 4.78. The summed E-state index contributed by atoms with van der Waals surface area (Å²) in [6.07, 6.45) is 0.688. The van der Waals surface area contributed by atoms with Crippen LogP contribution in [0.2, 0.25) is 0 Å². The minimum absolute atomic E-state index is 0.198. The molecule has 1 N–H and O–H groups in total. The Kier molecular flexibility index (Phi) is 5.27. The van der Waals surface area contributed by atoms with Crippen LogP contribution in [-0.2, 0) is 19.6 Å². The lowest BCUT2D eigenvalue weighted by molar-refractivity contribution is 0.281. The van der Waals surface area contributed by atoms with Gasteiger partial charge in [-0.1, -0.05) is 25.9 Å². The van der Waals surface area contributed by atoms with Gasteiger partial charge in [0.15, 0.2) is 6.61 Å². The fourth-order valence-electron chi connectivity index (χ4n) is 1.78. The fraction of sp³-hybridized carbons (Fsp3) is 0.467. The minimum atomic E-state index is -0.282. The predicted molar refractivity (Wildman–Crippen MR) is 76.4 cm³/mol. The highest BCUT2D eigenvalue weighted by molar-refractivity contribution is 5.34. The van der Waals surface area contributed by atoms with Crippen molar-refractivity contribution >= 4 is 0 Å². The number of halogens is 1. The van der Waals surface area contributed by atoms with Crippen LogP contribution < -0.4 is 10.1 Å². The second kappa shape index (κ2) is 7.17. The summed E-state index contributed by atoms with van der Waals surface area (Å²) < 4.78 is 24.1. The van der Waals surface area contributed by atoms with Crippen molar-refractivity contribution in [3.63, 3.8) is 0 Å². The molecule has 5 nitrogen and oxygen atoms in total. The Morgan fingerprint density at radius 2 is 2.19 bits per heavy atom. The summed E-state index contributed by atoms with van der Waals surface area (Å²) >= 11 is 0. The van der Waals surface area contributed by atoms with E-state index in [-0.39, 0.29) is 12.4 Å². The van der Waals surface area contributed by atoms with E-state index in [4.69, 9.17) is 9.26 Å². The predicted octanol–water partition coefficient (Wildman–Crippen LogP) is 2.85. The number of hydrogen-bond donors (Lipinski definition) is 1. The van der Waals surface area contributed by atoms with Crippen LogP contribution in [0.1, 0.15) is 38.0 Å². The molecule has 0 fully saturated rings. The highest BCUT2D eigenvalue weighted by Crippen LogP contribution is 2.20. The van der Waals surface area contributed by atoms with Crippen molar-refractivity contribution in [3.8, 4) is 5.75 Å². The van der Waals surface area contributed by atoms with E-state index in [2.05, 4.69) is 15.5 Å². The molecule has 0 atom stereocenters. The van der Waals surface area contributed by atoms with E-state index < -0.39 is 0 Å². The molecule has 1 heterocycles. The molecule has 0 aliphatic carbocycles. The van der Waals surface area contributed by atoms with E-state index in [1.54, 1.807) is 6.07 Å². The quantitative estimate of drug-likeness (QED) is 0.850. The SMILES string of the molecule is CCc1nc(COc2ccc(F)cc2CNC(C)C)no1. The van der Waals surface area contributed by atoms with Crippen molar-refractivity contribution in [1.82, 2.24) is 15.5 Å². The van der Waals surface area contributed by atoms with E-state index in [1.807, 2.05) is 20.8 Å². The molecular weight excluding hydrogens is 273 g/mol. The average Bonchev–Trinajstić information content (AvgIpc) is 2.92. The summed E-state index contributed by atoms with van der Waals surface area (Å²) in [5, 5.41) is 7.07. The Hall–Kier alpha value is -1.95. The van der Waals surface area contributed by atoms with Crippen LogP contribution in [0.15, 0.2) is 22.7 Å². The van der Waals surface area contributed by atoms with Gasteiger partial charge in [-0.05, 0) is 18.2 Å². The number of nitrogens with one attached hydrogen (secondary N) is 1. The zero-order valence-corrected chi connectivity index (χ0v) is 12.5. The average molecular weight is 293 g/mol. The van der Waals surface area contributed by atoms with Gasteiger partial charge >= 0.3 is 0 Å². The summed E-state index contributed by atoms with van der Waals surface area (Å²) in [5.41, 5.74) is 0.767. The molecule has 0 aliphatic heterocycles. The van der Waals surface area contributed by atoms with Crippen LogP contribution in [0.25, 0.3) is 0 Å². The second-order valence-electron chi connectivity index (χ2n) is 5.03. The van der Waals surface area contributed by atoms with Crippen molar-refractivity contribution in [2.24, 2.45) is 0 Å². The van der Waals surface area contributed by atoms with Gasteiger partial charge in [-0.2, -0.15) is 4.98 Å². The first-order chi connectivity index (χ1) is 10.1. The van der Waals surface area contributed by atoms with Gasteiger partial charge < -0.3 is 14.6 Å². The maximum Gasteiger partial charge on any atom is 0.226 e. The molecule has 0 spiro atoms. The molecule has 1 aromatic heterocycles. The number of aryl methyl sites for hydroxylation is 1. The van der Waals surface area contributed by atoms with Gasteiger partial charge in [0.1, 0.15) is 11.6 Å². The van der Waals surface area contributed by atoms with E-state index >= 15 is 0 Å². The van der Waals surface area contributed by atoms with Gasteiger partial charge in [0.2, 0.25) is 11.7 Å². The molecule has 0 saturated heterocycles. The summed E-state index contributed by atoms with van der Waals surface area (Å²) in [6.45, 7) is 6.74. The summed E-state index contributed by atoms with van der Waals surface area (Å²) in [4.78, 5) is 4.17. The minimum Gasteiger partial charge on any atom is -0.485 e. The van der Waals surface area contributed by atoms with Gasteiger partial charge in [0.25, 0.3) is 0 Å². The third kappa shape index (κ3) is 4.53. The number of hydrogen-bond acceptors (Lipinski definition) is 5. The standard InChI is InChI=1S/C15H20FN3O2/c1-4-15-18-14(19-21-15)9-20-13-6-5-12(16)7-11(13)8-17-10(2)3/h5-7,10,17H,4,8-9H2,1-3H3. The van der Waals surface area contributed by atoms with E-state index in [0.717, 1.165) is 5.56 Å². The number of aromatic nitrogens is 2.